The summed E-state index contributed by atoms with van der Waals surface area (Å²) in [5, 5.41) is 16.2. The molecule has 1 N–H and O–H groups in total. The highest BCUT2D eigenvalue weighted by molar-refractivity contribution is 5.98. The van der Waals surface area contributed by atoms with Gasteiger partial charge in [-0.05, 0) is 13.3 Å². The van der Waals surface area contributed by atoms with E-state index in [0.717, 1.165) is 10.9 Å². The van der Waals surface area contributed by atoms with Gasteiger partial charge in [-0.25, -0.2) is 4.68 Å². The van der Waals surface area contributed by atoms with Crippen LogP contribution < -0.4 is 0 Å². The Morgan fingerprint density at radius 3 is 2.59 bits per heavy atom. The molecule has 0 radical (unpaired) electrons. The molecule has 0 spiro atoms. The molecule has 0 fully saturated rings. The lowest BCUT2D eigenvalue weighted by Gasteiger charge is -2.20. The van der Waals surface area contributed by atoms with Crippen LogP contribution in [0.15, 0.2) is 6.20 Å². The SMILES string of the molecule is CCC(C)(O)Cn1cc(C(=O)C(F)(F)F)nn1. The first-order chi connectivity index (χ1) is 7.65. The van der Waals surface area contributed by atoms with Gasteiger partial charge in [0, 0.05) is 0 Å². The lowest BCUT2D eigenvalue weighted by molar-refractivity contribution is -0.0888. The number of aromatic nitrogens is 3. The highest BCUT2D eigenvalue weighted by atomic mass is 19.4. The number of rotatable bonds is 4. The van der Waals surface area contributed by atoms with E-state index in [-0.39, 0.29) is 6.54 Å². The predicted octanol–water partition coefficient (Wildman–Crippen LogP) is 1.18. The zero-order valence-corrected chi connectivity index (χ0v) is 9.32. The van der Waals surface area contributed by atoms with Gasteiger partial charge in [-0.3, -0.25) is 4.79 Å². The van der Waals surface area contributed by atoms with Crippen molar-refractivity contribution in [3.05, 3.63) is 11.9 Å². The molecule has 8 heteroatoms. The van der Waals surface area contributed by atoms with Crippen molar-refractivity contribution in [2.75, 3.05) is 0 Å². The van der Waals surface area contributed by atoms with Gasteiger partial charge in [-0.15, -0.1) is 5.10 Å². The maximum Gasteiger partial charge on any atom is 0.456 e. The van der Waals surface area contributed by atoms with E-state index in [1.54, 1.807) is 6.92 Å². The van der Waals surface area contributed by atoms with E-state index in [1.165, 1.54) is 6.92 Å². The number of aliphatic hydroxyl groups is 1. The van der Waals surface area contributed by atoms with Gasteiger partial charge < -0.3 is 5.11 Å². The summed E-state index contributed by atoms with van der Waals surface area (Å²) in [7, 11) is 0. The van der Waals surface area contributed by atoms with Crippen LogP contribution in [0.2, 0.25) is 0 Å². The number of nitrogens with zero attached hydrogens (tertiary/aromatic N) is 3. The summed E-state index contributed by atoms with van der Waals surface area (Å²) >= 11 is 0. The minimum atomic E-state index is -4.96. The van der Waals surface area contributed by atoms with Crippen molar-refractivity contribution in [2.45, 2.75) is 38.6 Å². The van der Waals surface area contributed by atoms with E-state index >= 15 is 0 Å². The number of ketones is 1. The molecule has 0 aliphatic carbocycles. The molecule has 0 aliphatic heterocycles. The second-order valence-corrected chi connectivity index (χ2v) is 3.98. The quantitative estimate of drug-likeness (QED) is 0.816. The molecule has 17 heavy (non-hydrogen) atoms. The maximum atomic E-state index is 12.1. The van der Waals surface area contributed by atoms with Crippen LogP contribution in [0.3, 0.4) is 0 Å². The average Bonchev–Trinajstić information content (AvgIpc) is 2.63. The number of Topliss-reactive ketones (excluding diaryl/α,β-unsaturated/α-hetero) is 1. The Balaban J connectivity index is 2.83. The fraction of sp³-hybridized carbons (Fsp3) is 0.667. The van der Waals surface area contributed by atoms with Gasteiger partial charge in [-0.2, -0.15) is 13.2 Å². The second kappa shape index (κ2) is 4.44. The molecule has 0 amide bonds. The third-order valence-corrected chi connectivity index (χ3v) is 2.29. The summed E-state index contributed by atoms with van der Waals surface area (Å²) in [5.74, 6) is -2.04. The highest BCUT2D eigenvalue weighted by Crippen LogP contribution is 2.20. The molecule has 0 bridgehead atoms. The predicted molar refractivity (Wildman–Crippen MR) is 51.3 cm³/mol. The normalized spacial score (nSPS) is 15.6. The van der Waals surface area contributed by atoms with Crippen molar-refractivity contribution in [1.29, 1.82) is 0 Å². The van der Waals surface area contributed by atoms with Gasteiger partial charge in [0.15, 0.2) is 5.69 Å². The molecule has 0 saturated carbocycles. The van der Waals surface area contributed by atoms with E-state index in [9.17, 15) is 23.1 Å². The molecule has 0 aromatic carbocycles. The number of halogens is 3. The van der Waals surface area contributed by atoms with Gasteiger partial charge >= 0.3 is 6.18 Å². The van der Waals surface area contributed by atoms with Gasteiger partial charge in [0.1, 0.15) is 0 Å². The smallest absolute Gasteiger partial charge is 0.388 e. The van der Waals surface area contributed by atoms with Gasteiger partial charge in [0.2, 0.25) is 0 Å². The summed E-state index contributed by atoms with van der Waals surface area (Å²) in [4.78, 5) is 10.8. The van der Waals surface area contributed by atoms with Crippen LogP contribution in [0.25, 0.3) is 0 Å². The van der Waals surface area contributed by atoms with Crippen LogP contribution in [-0.4, -0.2) is 37.7 Å². The van der Waals surface area contributed by atoms with Crippen LogP contribution in [0.1, 0.15) is 30.8 Å². The van der Waals surface area contributed by atoms with E-state index in [0.29, 0.717) is 6.42 Å². The van der Waals surface area contributed by atoms with E-state index in [1.807, 2.05) is 0 Å². The van der Waals surface area contributed by atoms with Crippen molar-refractivity contribution in [3.8, 4) is 0 Å². The minimum absolute atomic E-state index is 0.0262. The number of carbonyl (C=O) groups excluding carboxylic acids is 1. The molecule has 1 unspecified atom stereocenters. The van der Waals surface area contributed by atoms with E-state index in [2.05, 4.69) is 10.3 Å². The van der Waals surface area contributed by atoms with Crippen LogP contribution >= 0.6 is 0 Å². The van der Waals surface area contributed by atoms with E-state index in [4.69, 9.17) is 0 Å². The Labute approximate surface area is 95.2 Å². The first kappa shape index (κ1) is 13.6. The third-order valence-electron chi connectivity index (χ3n) is 2.29. The molecule has 1 heterocycles. The Hall–Kier alpha value is -1.44. The first-order valence-electron chi connectivity index (χ1n) is 4.90. The second-order valence-electron chi connectivity index (χ2n) is 3.98. The number of hydrogen-bond acceptors (Lipinski definition) is 4. The van der Waals surface area contributed by atoms with Gasteiger partial charge in [-0.1, -0.05) is 12.1 Å². The molecular formula is C9H12F3N3O2. The number of hydrogen-bond donors (Lipinski definition) is 1. The largest absolute Gasteiger partial charge is 0.456 e. The Morgan fingerprint density at radius 1 is 1.53 bits per heavy atom. The third kappa shape index (κ3) is 3.52. The highest BCUT2D eigenvalue weighted by Gasteiger charge is 2.41. The monoisotopic (exact) mass is 251 g/mol. The topological polar surface area (TPSA) is 68.0 Å². The standard InChI is InChI=1S/C9H12F3N3O2/c1-3-8(2,17)5-15-4-6(13-14-15)7(16)9(10,11)12/h4,17H,3,5H2,1-2H3. The van der Waals surface area contributed by atoms with Crippen molar-refractivity contribution in [1.82, 2.24) is 15.0 Å². The van der Waals surface area contributed by atoms with Crippen molar-refractivity contribution < 1.29 is 23.1 Å². The Bertz CT molecular complexity index is 412. The first-order valence-corrected chi connectivity index (χ1v) is 4.90. The summed E-state index contributed by atoms with van der Waals surface area (Å²) in [5.41, 5.74) is -1.88. The number of alkyl halides is 3. The van der Waals surface area contributed by atoms with Crippen molar-refractivity contribution >= 4 is 5.78 Å². The fourth-order valence-corrected chi connectivity index (χ4v) is 1.09. The molecule has 0 saturated heterocycles. The molecule has 0 aliphatic rings. The zero-order valence-electron chi connectivity index (χ0n) is 9.32. The molecule has 1 rings (SSSR count). The lowest BCUT2D eigenvalue weighted by atomic mass is 10.0. The Morgan fingerprint density at radius 2 is 2.12 bits per heavy atom. The van der Waals surface area contributed by atoms with Crippen LogP contribution in [0, 0.1) is 0 Å². The molecule has 5 nitrogen and oxygen atoms in total. The van der Waals surface area contributed by atoms with E-state index < -0.39 is 23.3 Å². The minimum Gasteiger partial charge on any atom is -0.388 e. The van der Waals surface area contributed by atoms with Gasteiger partial charge in [0.25, 0.3) is 5.78 Å². The molecule has 1 aromatic heterocycles. The molecular weight excluding hydrogens is 239 g/mol. The summed E-state index contributed by atoms with van der Waals surface area (Å²) in [6, 6.07) is 0. The molecule has 1 aromatic rings. The van der Waals surface area contributed by atoms with Crippen molar-refractivity contribution in [2.24, 2.45) is 0 Å². The lowest BCUT2D eigenvalue weighted by Crippen LogP contribution is -2.29. The maximum absolute atomic E-state index is 12.1. The van der Waals surface area contributed by atoms with Crippen LogP contribution in [-0.2, 0) is 6.54 Å². The van der Waals surface area contributed by atoms with Crippen molar-refractivity contribution in [3.63, 3.8) is 0 Å². The molecule has 96 valence electrons. The van der Waals surface area contributed by atoms with Crippen LogP contribution in [0.5, 0.6) is 0 Å². The summed E-state index contributed by atoms with van der Waals surface area (Å²) < 4.78 is 37.2. The Kier molecular flexibility index (Phi) is 3.56. The van der Waals surface area contributed by atoms with Crippen LogP contribution in [0.4, 0.5) is 13.2 Å². The zero-order chi connectivity index (χ0) is 13.3. The molecule has 1 atom stereocenters. The average molecular weight is 251 g/mol. The summed E-state index contributed by atoms with van der Waals surface area (Å²) in [6.45, 7) is 3.21. The van der Waals surface area contributed by atoms with Gasteiger partial charge in [0.05, 0.1) is 18.3 Å². The fourth-order valence-electron chi connectivity index (χ4n) is 1.09. The summed E-state index contributed by atoms with van der Waals surface area (Å²) in [6.07, 6.45) is -3.69. The number of carbonyl (C=O) groups is 1.